The van der Waals surface area contributed by atoms with E-state index in [0.29, 0.717) is 12.1 Å². The van der Waals surface area contributed by atoms with Gasteiger partial charge in [-0.3, -0.25) is 14.6 Å². The second kappa shape index (κ2) is 10.3. The van der Waals surface area contributed by atoms with Gasteiger partial charge >= 0.3 is 0 Å². The average molecular weight is 416 g/mol. The Morgan fingerprint density at radius 3 is 2.45 bits per heavy atom. The second-order valence-corrected chi connectivity index (χ2v) is 10.1. The first-order valence-corrected chi connectivity index (χ1v) is 13.0. The van der Waals surface area contributed by atoms with Crippen molar-refractivity contribution in [2.75, 3.05) is 44.7 Å². The van der Waals surface area contributed by atoms with Gasteiger partial charge in [0, 0.05) is 25.2 Å². The number of hydrogen-bond acceptors (Lipinski definition) is 4. The monoisotopic (exact) mass is 415 g/mol. The van der Waals surface area contributed by atoms with Gasteiger partial charge in [0.25, 0.3) is 0 Å². The molecule has 0 bridgehead atoms. The predicted molar refractivity (Wildman–Crippen MR) is 123 cm³/mol. The molecular formula is C24H37N3OS. The van der Waals surface area contributed by atoms with E-state index in [-0.39, 0.29) is 11.8 Å². The third-order valence-corrected chi connectivity index (χ3v) is 7.91. The first-order valence-electron chi connectivity index (χ1n) is 11.6. The van der Waals surface area contributed by atoms with Crippen molar-refractivity contribution >= 4 is 17.7 Å². The van der Waals surface area contributed by atoms with Crippen LogP contribution in [0, 0.1) is 5.92 Å². The molecule has 1 N–H and O–H groups in total. The van der Waals surface area contributed by atoms with Gasteiger partial charge in [0.1, 0.15) is 0 Å². The number of fused-ring (bicyclic) bond motifs is 1. The average Bonchev–Trinajstić information content (AvgIpc) is 3.21. The number of nitrogens with one attached hydrogen (secondary N) is 1. The Labute approximate surface area is 180 Å². The minimum atomic E-state index is 0.195. The van der Waals surface area contributed by atoms with Crippen molar-refractivity contribution in [1.29, 1.82) is 0 Å². The number of carbonyl (C=O) groups is 1. The molecule has 2 fully saturated rings. The number of likely N-dealkylation sites (tertiary alicyclic amines) is 2. The molecule has 4 nitrogen and oxygen atoms in total. The molecule has 0 saturated carbocycles. The molecule has 2 aliphatic heterocycles. The minimum absolute atomic E-state index is 0.195. The quantitative estimate of drug-likeness (QED) is 0.694. The Balaban J connectivity index is 1.22. The van der Waals surface area contributed by atoms with Gasteiger partial charge in [-0.15, -0.1) is 0 Å². The Morgan fingerprint density at radius 1 is 1.03 bits per heavy atom. The summed E-state index contributed by atoms with van der Waals surface area (Å²) < 4.78 is 0. The van der Waals surface area contributed by atoms with Gasteiger partial charge in [0.15, 0.2) is 0 Å². The lowest BCUT2D eigenvalue weighted by molar-refractivity contribution is -0.127. The summed E-state index contributed by atoms with van der Waals surface area (Å²) in [5, 5.41) is 3.18. The Hall–Kier alpha value is -1.04. The molecule has 5 heteroatoms. The van der Waals surface area contributed by atoms with Crippen molar-refractivity contribution in [2.45, 2.75) is 57.0 Å². The highest BCUT2D eigenvalue weighted by atomic mass is 32.2. The largest absolute Gasteiger partial charge is 0.356 e. The predicted octanol–water partition coefficient (Wildman–Crippen LogP) is 3.20. The molecule has 1 atom stereocenters. The van der Waals surface area contributed by atoms with Crippen molar-refractivity contribution in [3.63, 3.8) is 0 Å². The summed E-state index contributed by atoms with van der Waals surface area (Å²) in [4.78, 5) is 17.9. The molecule has 1 unspecified atom stereocenters. The summed E-state index contributed by atoms with van der Waals surface area (Å²) in [6.45, 7) is 5.40. The summed E-state index contributed by atoms with van der Waals surface area (Å²) in [7, 11) is 0. The summed E-state index contributed by atoms with van der Waals surface area (Å²) >= 11 is 1.85. The van der Waals surface area contributed by atoms with Crippen LogP contribution in [0.1, 0.15) is 43.2 Å². The van der Waals surface area contributed by atoms with Gasteiger partial charge in [0.2, 0.25) is 5.91 Å². The number of amides is 1. The fourth-order valence-corrected chi connectivity index (χ4v) is 5.97. The minimum Gasteiger partial charge on any atom is -0.356 e. The number of hydrogen-bond donors (Lipinski definition) is 1. The first kappa shape index (κ1) is 21.2. The molecule has 160 valence electrons. The summed E-state index contributed by atoms with van der Waals surface area (Å²) in [5.41, 5.74) is 3.11. The van der Waals surface area contributed by atoms with Gasteiger partial charge in [0.05, 0.1) is 5.92 Å². The van der Waals surface area contributed by atoms with Crippen molar-refractivity contribution in [3.8, 4) is 0 Å². The molecule has 1 aromatic rings. The van der Waals surface area contributed by atoms with E-state index >= 15 is 0 Å². The smallest absolute Gasteiger partial charge is 0.224 e. The van der Waals surface area contributed by atoms with Crippen LogP contribution in [0.25, 0.3) is 0 Å². The van der Waals surface area contributed by atoms with Crippen molar-refractivity contribution in [2.24, 2.45) is 5.92 Å². The molecule has 1 aliphatic carbocycles. The van der Waals surface area contributed by atoms with Gasteiger partial charge in [-0.1, -0.05) is 24.3 Å². The summed E-state index contributed by atoms with van der Waals surface area (Å²) in [6, 6.07) is 10.3. The van der Waals surface area contributed by atoms with Gasteiger partial charge in [-0.2, -0.15) is 11.8 Å². The zero-order valence-corrected chi connectivity index (χ0v) is 18.8. The van der Waals surface area contributed by atoms with Crippen LogP contribution < -0.4 is 5.32 Å². The second-order valence-electron chi connectivity index (χ2n) is 9.07. The first-order chi connectivity index (χ1) is 14.2. The maximum absolute atomic E-state index is 12.6. The third-order valence-electron chi connectivity index (χ3n) is 7.21. The van der Waals surface area contributed by atoms with Crippen LogP contribution in [-0.4, -0.2) is 72.5 Å². The number of rotatable bonds is 7. The third kappa shape index (κ3) is 5.36. The number of nitrogens with zero attached hydrogens (tertiary/aromatic N) is 2. The molecule has 0 aromatic heterocycles. The fraction of sp³-hybridized carbons (Fsp3) is 0.708. The van der Waals surface area contributed by atoms with E-state index in [9.17, 15) is 4.79 Å². The lowest BCUT2D eigenvalue weighted by Crippen LogP contribution is -2.52. The van der Waals surface area contributed by atoms with E-state index in [4.69, 9.17) is 0 Å². The molecule has 2 saturated heterocycles. The number of carbonyl (C=O) groups excluding carboxylic acids is 1. The zero-order chi connectivity index (χ0) is 20.1. The van der Waals surface area contributed by atoms with Crippen molar-refractivity contribution in [3.05, 3.63) is 35.4 Å². The molecule has 4 rings (SSSR count). The Bertz CT molecular complexity index is 649. The number of benzene rings is 1. The fourth-order valence-electron chi connectivity index (χ4n) is 5.53. The van der Waals surface area contributed by atoms with Crippen LogP contribution in [0.5, 0.6) is 0 Å². The molecule has 3 aliphatic rings. The van der Waals surface area contributed by atoms with E-state index < -0.39 is 0 Å². The van der Waals surface area contributed by atoms with Gasteiger partial charge < -0.3 is 5.32 Å². The molecule has 0 radical (unpaired) electrons. The lowest BCUT2D eigenvalue weighted by Gasteiger charge is -2.43. The summed E-state index contributed by atoms with van der Waals surface area (Å²) in [5.74, 6) is 1.61. The molecular weight excluding hydrogens is 378 g/mol. The van der Waals surface area contributed by atoms with E-state index in [1.54, 1.807) is 11.1 Å². The van der Waals surface area contributed by atoms with Crippen LogP contribution in [0.3, 0.4) is 0 Å². The standard InChI is InChI=1S/C24H37N3OS/c1-29-15-5-11-25-24(28)21-8-4-12-27(18-21)22-9-13-26(14-10-22)23-16-19-6-2-3-7-20(19)17-23/h2-3,6-7,21-23H,4-5,8-18H2,1H3,(H,25,28). The summed E-state index contributed by atoms with van der Waals surface area (Å²) in [6.07, 6.45) is 10.4. The van der Waals surface area contributed by atoms with E-state index in [0.717, 1.165) is 31.7 Å². The Kier molecular flexibility index (Phi) is 7.54. The van der Waals surface area contributed by atoms with Crippen LogP contribution in [0.15, 0.2) is 24.3 Å². The van der Waals surface area contributed by atoms with Crippen LogP contribution in [-0.2, 0) is 17.6 Å². The molecule has 29 heavy (non-hydrogen) atoms. The highest BCUT2D eigenvalue weighted by molar-refractivity contribution is 7.98. The van der Waals surface area contributed by atoms with Crippen LogP contribution in [0.4, 0.5) is 0 Å². The van der Waals surface area contributed by atoms with Crippen molar-refractivity contribution in [1.82, 2.24) is 15.1 Å². The van der Waals surface area contributed by atoms with Crippen LogP contribution >= 0.6 is 11.8 Å². The van der Waals surface area contributed by atoms with Gasteiger partial charge in [-0.05, 0) is 87.7 Å². The van der Waals surface area contributed by atoms with Gasteiger partial charge in [-0.25, -0.2) is 0 Å². The normalized spacial score (nSPS) is 24.5. The van der Waals surface area contributed by atoms with Crippen molar-refractivity contribution < 1.29 is 4.79 Å². The molecule has 2 heterocycles. The van der Waals surface area contributed by atoms with Crippen LogP contribution in [0.2, 0.25) is 0 Å². The van der Waals surface area contributed by atoms with E-state index in [1.165, 1.54) is 51.7 Å². The number of thioether (sulfide) groups is 1. The van der Waals surface area contributed by atoms with E-state index in [1.807, 2.05) is 11.8 Å². The maximum atomic E-state index is 12.6. The molecule has 1 aromatic carbocycles. The molecule has 1 amide bonds. The highest BCUT2D eigenvalue weighted by Crippen LogP contribution is 2.29. The molecule has 0 spiro atoms. The number of piperidine rings is 2. The zero-order valence-electron chi connectivity index (χ0n) is 17.9. The SMILES string of the molecule is CSCCCNC(=O)C1CCCN(C2CCN(C3Cc4ccccc4C3)CC2)C1. The van der Waals surface area contributed by atoms with E-state index in [2.05, 4.69) is 45.6 Å². The Morgan fingerprint density at radius 2 is 1.76 bits per heavy atom. The topological polar surface area (TPSA) is 35.6 Å². The maximum Gasteiger partial charge on any atom is 0.224 e. The lowest BCUT2D eigenvalue weighted by atomic mass is 9.92. The highest BCUT2D eigenvalue weighted by Gasteiger charge is 2.34.